The lowest BCUT2D eigenvalue weighted by molar-refractivity contribution is 0.134. The molecule has 160 valence electrons. The van der Waals surface area contributed by atoms with Crippen LogP contribution < -0.4 is 5.32 Å². The van der Waals surface area contributed by atoms with Crippen LogP contribution in [0.4, 0.5) is 16.4 Å². The molecule has 0 saturated carbocycles. The molecule has 1 fully saturated rings. The van der Waals surface area contributed by atoms with Gasteiger partial charge >= 0.3 is 0 Å². The number of piperazine rings is 1. The minimum Gasteiger partial charge on any atom is -0.353 e. The predicted molar refractivity (Wildman–Crippen MR) is 133 cm³/mol. The fourth-order valence-corrected chi connectivity index (χ4v) is 5.47. The third-order valence-electron chi connectivity index (χ3n) is 6.23. The van der Waals surface area contributed by atoms with E-state index in [9.17, 15) is 0 Å². The maximum absolute atomic E-state index is 6.05. The Hall–Kier alpha value is -2.34. The van der Waals surface area contributed by atoms with Crippen LogP contribution in [0, 0.1) is 6.92 Å². The first kappa shape index (κ1) is 20.6. The number of anilines is 2. The van der Waals surface area contributed by atoms with Crippen molar-refractivity contribution in [2.24, 2.45) is 4.99 Å². The average molecular weight is 451 g/mol. The number of likely N-dealkylation sites (N-methyl/N-ethyl adjacent to an activating group) is 1. The smallest absolute Gasteiger partial charge is 0.139 e. The van der Waals surface area contributed by atoms with Crippen molar-refractivity contribution in [3.8, 4) is 0 Å². The lowest BCUT2D eigenvalue weighted by atomic mass is 10.0. The fraction of sp³-hybridized carbons (Fsp3) is 0.320. The van der Waals surface area contributed by atoms with Gasteiger partial charge in [0.2, 0.25) is 0 Å². The van der Waals surface area contributed by atoms with Crippen LogP contribution >= 0.6 is 22.9 Å². The van der Waals surface area contributed by atoms with Gasteiger partial charge in [-0.1, -0.05) is 35.9 Å². The molecular formula is C25H27ClN4S. The van der Waals surface area contributed by atoms with Crippen LogP contribution in [0.1, 0.15) is 22.4 Å². The van der Waals surface area contributed by atoms with E-state index in [1.807, 2.05) is 12.1 Å². The number of para-hydroxylation sites is 2. The second-order valence-corrected chi connectivity index (χ2v) is 10.1. The Morgan fingerprint density at radius 1 is 1.13 bits per heavy atom. The highest BCUT2D eigenvalue weighted by molar-refractivity contribution is 7.16. The Balaban J connectivity index is 1.40. The number of amidine groups is 1. The lowest BCUT2D eigenvalue weighted by Crippen LogP contribution is -2.53. The molecule has 31 heavy (non-hydrogen) atoms. The summed E-state index contributed by atoms with van der Waals surface area (Å²) in [5.41, 5.74) is 4.65. The van der Waals surface area contributed by atoms with Gasteiger partial charge in [0.25, 0.3) is 0 Å². The van der Waals surface area contributed by atoms with Crippen LogP contribution in [-0.4, -0.2) is 48.4 Å². The number of halogens is 1. The Bertz CT molecular complexity index is 1100. The Morgan fingerprint density at radius 2 is 1.94 bits per heavy atom. The third-order valence-corrected chi connectivity index (χ3v) is 7.45. The number of hydrogen-bond acceptors (Lipinski definition) is 5. The van der Waals surface area contributed by atoms with E-state index in [0.29, 0.717) is 6.04 Å². The van der Waals surface area contributed by atoms with Crippen molar-refractivity contribution in [1.82, 2.24) is 9.80 Å². The van der Waals surface area contributed by atoms with Crippen LogP contribution in [0.3, 0.4) is 0 Å². The van der Waals surface area contributed by atoms with Crippen molar-refractivity contribution in [3.63, 3.8) is 0 Å². The van der Waals surface area contributed by atoms with Gasteiger partial charge in [-0.3, -0.25) is 4.90 Å². The van der Waals surface area contributed by atoms with E-state index < -0.39 is 0 Å². The van der Waals surface area contributed by atoms with Gasteiger partial charge in [-0.25, -0.2) is 4.99 Å². The molecule has 0 bridgehead atoms. The van der Waals surface area contributed by atoms with Crippen LogP contribution in [-0.2, 0) is 6.42 Å². The van der Waals surface area contributed by atoms with Crippen LogP contribution in [0.15, 0.2) is 59.6 Å². The average Bonchev–Trinajstić information content (AvgIpc) is 3.06. The Labute approximate surface area is 193 Å². The summed E-state index contributed by atoms with van der Waals surface area (Å²) in [5, 5.41) is 5.61. The summed E-state index contributed by atoms with van der Waals surface area (Å²) >= 11 is 7.85. The van der Waals surface area contributed by atoms with Gasteiger partial charge in [-0.05, 0) is 62.7 Å². The molecule has 4 nitrogen and oxygen atoms in total. The number of nitrogens with zero attached hydrogens (tertiary/aromatic N) is 3. The molecule has 1 N–H and O–H groups in total. The van der Waals surface area contributed by atoms with Crippen molar-refractivity contribution in [3.05, 3.63) is 75.6 Å². The molecule has 3 aromatic rings. The molecule has 0 spiro atoms. The zero-order valence-corrected chi connectivity index (χ0v) is 19.5. The van der Waals surface area contributed by atoms with E-state index >= 15 is 0 Å². The van der Waals surface area contributed by atoms with E-state index in [2.05, 4.69) is 71.6 Å². The third kappa shape index (κ3) is 4.36. The second-order valence-electron chi connectivity index (χ2n) is 8.42. The lowest BCUT2D eigenvalue weighted by Gasteiger charge is -2.41. The van der Waals surface area contributed by atoms with Crippen molar-refractivity contribution < 1.29 is 0 Å². The summed E-state index contributed by atoms with van der Waals surface area (Å²) in [6.45, 7) is 5.18. The van der Waals surface area contributed by atoms with Gasteiger partial charge in [0.15, 0.2) is 0 Å². The van der Waals surface area contributed by atoms with Gasteiger partial charge in [0.05, 0.1) is 16.9 Å². The van der Waals surface area contributed by atoms with Gasteiger partial charge in [0.1, 0.15) is 10.8 Å². The number of hydrogen-bond donors (Lipinski definition) is 1. The molecule has 1 saturated heterocycles. The summed E-state index contributed by atoms with van der Waals surface area (Å²) < 4.78 is 0. The molecule has 2 aliphatic heterocycles. The van der Waals surface area contributed by atoms with Gasteiger partial charge < -0.3 is 10.2 Å². The van der Waals surface area contributed by atoms with Crippen LogP contribution in [0.25, 0.3) is 0 Å². The van der Waals surface area contributed by atoms with Crippen molar-refractivity contribution >= 4 is 45.1 Å². The Morgan fingerprint density at radius 3 is 2.77 bits per heavy atom. The molecule has 5 rings (SSSR count). The highest BCUT2D eigenvalue weighted by Crippen LogP contribution is 2.39. The molecule has 1 aromatic heterocycles. The maximum atomic E-state index is 6.05. The predicted octanol–water partition coefficient (Wildman–Crippen LogP) is 6.09. The van der Waals surface area contributed by atoms with Gasteiger partial charge in [0, 0.05) is 35.6 Å². The summed E-state index contributed by atoms with van der Waals surface area (Å²) in [6.07, 6.45) is 2.17. The Kier molecular flexibility index (Phi) is 5.74. The SMILES string of the molecule is Cc1cc2c(s1)Nc1ccccc1N=C2N1CCN(C)[C@@H](CCc2ccc(Cl)cc2)C1. The quantitative estimate of drug-likeness (QED) is 0.523. The molecule has 0 radical (unpaired) electrons. The zero-order valence-electron chi connectivity index (χ0n) is 17.9. The standard InChI is InChI=1S/C25H27ClN4S/c1-17-15-21-24(27-22-5-3-4-6-23(22)28-25(21)31-17)30-14-13-29(2)20(16-30)12-9-18-7-10-19(26)11-8-18/h3-8,10-11,15,20,28H,9,12-14,16H2,1-2H3/t20-/m0/s1. The van der Waals surface area contributed by atoms with Crippen molar-refractivity contribution in [2.45, 2.75) is 25.8 Å². The van der Waals surface area contributed by atoms with Crippen LogP contribution in [0.2, 0.25) is 5.02 Å². The molecule has 1 atom stereocenters. The highest BCUT2D eigenvalue weighted by Gasteiger charge is 2.29. The van der Waals surface area contributed by atoms with Crippen molar-refractivity contribution in [2.75, 3.05) is 32.0 Å². The summed E-state index contributed by atoms with van der Waals surface area (Å²) in [6, 6.07) is 19.3. The molecule has 0 amide bonds. The number of aryl methyl sites for hydroxylation is 2. The summed E-state index contributed by atoms with van der Waals surface area (Å²) in [5.74, 6) is 1.10. The molecule has 0 unspecified atom stereocenters. The monoisotopic (exact) mass is 450 g/mol. The van der Waals surface area contributed by atoms with Gasteiger partial charge in [-0.2, -0.15) is 0 Å². The largest absolute Gasteiger partial charge is 0.353 e. The maximum Gasteiger partial charge on any atom is 0.139 e. The highest BCUT2D eigenvalue weighted by atomic mass is 35.5. The first-order chi connectivity index (χ1) is 15.1. The molecular weight excluding hydrogens is 424 g/mol. The zero-order chi connectivity index (χ0) is 21.4. The van der Waals surface area contributed by atoms with Crippen LogP contribution in [0.5, 0.6) is 0 Å². The molecule has 2 aromatic carbocycles. The molecule has 2 aliphatic rings. The molecule has 3 heterocycles. The first-order valence-electron chi connectivity index (χ1n) is 10.8. The minimum absolute atomic E-state index is 0.488. The van der Waals surface area contributed by atoms with Gasteiger partial charge in [-0.15, -0.1) is 11.3 Å². The minimum atomic E-state index is 0.488. The number of benzene rings is 2. The molecule has 0 aliphatic carbocycles. The number of rotatable bonds is 3. The fourth-order valence-electron chi connectivity index (χ4n) is 4.42. The van der Waals surface area contributed by atoms with E-state index in [0.717, 1.165) is 54.7 Å². The summed E-state index contributed by atoms with van der Waals surface area (Å²) in [7, 11) is 2.25. The topological polar surface area (TPSA) is 30.9 Å². The normalized spacial score (nSPS) is 18.6. The van der Waals surface area contributed by atoms with E-state index in [1.165, 1.54) is 21.0 Å². The number of thiophene rings is 1. The van der Waals surface area contributed by atoms with E-state index in [-0.39, 0.29) is 0 Å². The summed E-state index contributed by atoms with van der Waals surface area (Å²) in [4.78, 5) is 11.4. The van der Waals surface area contributed by atoms with E-state index in [1.54, 1.807) is 11.3 Å². The number of aliphatic imine (C=N–C) groups is 1. The molecule has 6 heteroatoms. The van der Waals surface area contributed by atoms with E-state index in [4.69, 9.17) is 16.6 Å². The first-order valence-corrected chi connectivity index (χ1v) is 12.0. The second kappa shape index (κ2) is 8.65. The number of fused-ring (bicyclic) bond motifs is 2. The van der Waals surface area contributed by atoms with Crippen molar-refractivity contribution in [1.29, 1.82) is 0 Å². The number of nitrogens with one attached hydrogen (secondary N) is 1.